The number of benzene rings is 3. The molecule has 0 unspecified atom stereocenters. The van der Waals surface area contributed by atoms with Crippen molar-refractivity contribution in [2.45, 2.75) is 4.90 Å². The lowest BCUT2D eigenvalue weighted by molar-refractivity contribution is 0.122. The summed E-state index contributed by atoms with van der Waals surface area (Å²) >= 11 is 0. The summed E-state index contributed by atoms with van der Waals surface area (Å²) in [6, 6.07) is 18.6. The third-order valence-corrected chi connectivity index (χ3v) is 6.57. The second-order valence-corrected chi connectivity index (χ2v) is 8.93. The molecule has 0 amide bonds. The van der Waals surface area contributed by atoms with E-state index in [0.717, 1.165) is 29.9 Å². The number of anilines is 3. The van der Waals surface area contributed by atoms with Crippen LogP contribution in [0.15, 0.2) is 65.6 Å². The molecule has 1 fully saturated rings. The molecule has 3 aromatic carbocycles. The summed E-state index contributed by atoms with van der Waals surface area (Å²) in [5.41, 5.74) is 2.59. The molecule has 3 aromatic rings. The number of morpholine rings is 1. The Morgan fingerprint density at radius 2 is 1.55 bits per heavy atom. The van der Waals surface area contributed by atoms with E-state index in [1.54, 1.807) is 24.3 Å². The maximum atomic E-state index is 13.1. The third-order valence-electron chi connectivity index (χ3n) is 5.13. The molecular formula is C22H25N3O3S. The van der Waals surface area contributed by atoms with Crippen LogP contribution in [-0.2, 0) is 14.8 Å². The first-order chi connectivity index (χ1) is 14.0. The molecule has 0 bridgehead atoms. The Labute approximate surface area is 171 Å². The van der Waals surface area contributed by atoms with Crippen LogP contribution in [0, 0.1) is 0 Å². The van der Waals surface area contributed by atoms with Crippen LogP contribution in [-0.4, -0.2) is 48.8 Å². The van der Waals surface area contributed by atoms with Crippen LogP contribution in [0.5, 0.6) is 0 Å². The number of hydrogen-bond donors (Lipinski definition) is 1. The summed E-state index contributed by atoms with van der Waals surface area (Å²) < 4.78 is 34.4. The standard InChI is InChI=1S/C22H25N3O3S/c1-24(2)21-7-3-6-20-19(21)5-4-8-22(20)29(26,27)23-17-9-11-18(12-10-17)25-13-15-28-16-14-25/h3-12,23H,13-16H2,1-2H3. The van der Waals surface area contributed by atoms with Crippen molar-refractivity contribution in [2.75, 3.05) is 54.9 Å². The second kappa shape index (κ2) is 7.93. The van der Waals surface area contributed by atoms with Gasteiger partial charge < -0.3 is 14.5 Å². The van der Waals surface area contributed by atoms with Gasteiger partial charge >= 0.3 is 0 Å². The highest BCUT2D eigenvalue weighted by atomic mass is 32.2. The van der Waals surface area contributed by atoms with Crippen LogP contribution >= 0.6 is 0 Å². The van der Waals surface area contributed by atoms with Gasteiger partial charge in [0.15, 0.2) is 0 Å². The van der Waals surface area contributed by atoms with Crippen molar-refractivity contribution in [1.29, 1.82) is 0 Å². The van der Waals surface area contributed by atoms with Crippen molar-refractivity contribution in [1.82, 2.24) is 0 Å². The van der Waals surface area contributed by atoms with E-state index >= 15 is 0 Å². The predicted molar refractivity (Wildman–Crippen MR) is 119 cm³/mol. The number of ether oxygens (including phenoxy) is 1. The highest BCUT2D eigenvalue weighted by molar-refractivity contribution is 7.93. The Bertz CT molecular complexity index is 1110. The number of nitrogens with one attached hydrogen (secondary N) is 1. The third kappa shape index (κ3) is 4.02. The molecule has 7 heteroatoms. The van der Waals surface area contributed by atoms with E-state index in [9.17, 15) is 8.42 Å². The second-order valence-electron chi connectivity index (χ2n) is 7.27. The first-order valence-corrected chi connectivity index (χ1v) is 11.1. The molecule has 1 aliphatic rings. The van der Waals surface area contributed by atoms with Gasteiger partial charge in [-0.25, -0.2) is 8.42 Å². The molecule has 0 aromatic heterocycles. The fourth-order valence-electron chi connectivity index (χ4n) is 3.66. The summed E-state index contributed by atoms with van der Waals surface area (Å²) in [4.78, 5) is 4.49. The van der Waals surface area contributed by atoms with Crippen molar-refractivity contribution in [3.63, 3.8) is 0 Å². The van der Waals surface area contributed by atoms with Crippen molar-refractivity contribution in [3.05, 3.63) is 60.7 Å². The molecule has 1 saturated heterocycles. The van der Waals surface area contributed by atoms with Gasteiger partial charge in [0.25, 0.3) is 10.0 Å². The molecule has 4 rings (SSSR count). The Balaban J connectivity index is 1.63. The number of nitrogens with zero attached hydrogens (tertiary/aromatic N) is 2. The van der Waals surface area contributed by atoms with Crippen LogP contribution in [0.25, 0.3) is 10.8 Å². The zero-order chi connectivity index (χ0) is 20.4. The summed E-state index contributed by atoms with van der Waals surface area (Å²) in [5, 5.41) is 1.61. The van der Waals surface area contributed by atoms with Crippen LogP contribution in [0.1, 0.15) is 0 Å². The van der Waals surface area contributed by atoms with Crippen molar-refractivity contribution in [3.8, 4) is 0 Å². The fourth-order valence-corrected chi connectivity index (χ4v) is 4.94. The average Bonchev–Trinajstić information content (AvgIpc) is 2.73. The van der Waals surface area contributed by atoms with Crippen LogP contribution < -0.4 is 14.5 Å². The molecule has 1 N–H and O–H groups in total. The predicted octanol–water partition coefficient (Wildman–Crippen LogP) is 3.54. The highest BCUT2D eigenvalue weighted by Gasteiger charge is 2.19. The zero-order valence-electron chi connectivity index (χ0n) is 16.6. The molecule has 1 heterocycles. The topological polar surface area (TPSA) is 61.9 Å². The minimum Gasteiger partial charge on any atom is -0.378 e. The largest absolute Gasteiger partial charge is 0.378 e. The fraction of sp³-hybridized carbons (Fsp3) is 0.273. The molecule has 0 spiro atoms. The van der Waals surface area contributed by atoms with Gasteiger partial charge in [0.05, 0.1) is 18.1 Å². The van der Waals surface area contributed by atoms with Gasteiger partial charge in [-0.15, -0.1) is 0 Å². The van der Waals surface area contributed by atoms with Gasteiger partial charge in [-0.2, -0.15) is 0 Å². The summed E-state index contributed by atoms with van der Waals surface area (Å²) in [5.74, 6) is 0. The van der Waals surface area contributed by atoms with Gasteiger partial charge in [-0.05, 0) is 36.4 Å². The molecule has 152 valence electrons. The SMILES string of the molecule is CN(C)c1cccc2c(S(=O)(=O)Nc3ccc(N4CCOCC4)cc3)cccc12. The number of hydrogen-bond acceptors (Lipinski definition) is 5. The molecule has 6 nitrogen and oxygen atoms in total. The van der Waals surface area contributed by atoms with E-state index in [4.69, 9.17) is 4.74 Å². The lowest BCUT2D eigenvalue weighted by Crippen LogP contribution is -2.36. The van der Waals surface area contributed by atoms with E-state index in [2.05, 4.69) is 9.62 Å². The van der Waals surface area contributed by atoms with Crippen molar-refractivity contribution in [2.24, 2.45) is 0 Å². The van der Waals surface area contributed by atoms with Crippen molar-refractivity contribution < 1.29 is 13.2 Å². The summed E-state index contributed by atoms with van der Waals surface area (Å²) in [6.07, 6.45) is 0. The van der Waals surface area contributed by atoms with E-state index in [0.29, 0.717) is 24.3 Å². The summed E-state index contributed by atoms with van der Waals surface area (Å²) in [7, 11) is 0.175. The first kappa shape index (κ1) is 19.5. The Hall–Kier alpha value is -2.77. The van der Waals surface area contributed by atoms with Gasteiger partial charge in [-0.3, -0.25) is 4.72 Å². The van der Waals surface area contributed by atoms with Crippen LogP contribution in [0.4, 0.5) is 17.1 Å². The number of fused-ring (bicyclic) bond motifs is 1. The molecule has 0 atom stereocenters. The lowest BCUT2D eigenvalue weighted by atomic mass is 10.1. The maximum Gasteiger partial charge on any atom is 0.262 e. The number of sulfonamides is 1. The van der Waals surface area contributed by atoms with E-state index in [1.807, 2.05) is 55.4 Å². The van der Waals surface area contributed by atoms with Crippen LogP contribution in [0.2, 0.25) is 0 Å². The number of rotatable bonds is 5. The lowest BCUT2D eigenvalue weighted by Gasteiger charge is -2.28. The Kier molecular flexibility index (Phi) is 5.34. The van der Waals surface area contributed by atoms with Gasteiger partial charge in [0, 0.05) is 55.0 Å². The monoisotopic (exact) mass is 411 g/mol. The zero-order valence-corrected chi connectivity index (χ0v) is 17.4. The minimum atomic E-state index is -3.72. The van der Waals surface area contributed by atoms with Crippen molar-refractivity contribution >= 4 is 37.9 Å². The quantitative estimate of drug-likeness (QED) is 0.696. The molecule has 0 aliphatic carbocycles. The van der Waals surface area contributed by atoms with Gasteiger partial charge in [0.1, 0.15) is 0 Å². The maximum absolute atomic E-state index is 13.1. The molecule has 29 heavy (non-hydrogen) atoms. The van der Waals surface area contributed by atoms with Gasteiger partial charge in [0.2, 0.25) is 0 Å². The summed E-state index contributed by atoms with van der Waals surface area (Å²) in [6.45, 7) is 3.11. The Morgan fingerprint density at radius 1 is 0.897 bits per heavy atom. The molecule has 0 saturated carbocycles. The van der Waals surface area contributed by atoms with Gasteiger partial charge in [-0.1, -0.05) is 24.3 Å². The minimum absolute atomic E-state index is 0.274. The average molecular weight is 412 g/mol. The smallest absolute Gasteiger partial charge is 0.262 e. The Morgan fingerprint density at radius 3 is 2.24 bits per heavy atom. The van der Waals surface area contributed by atoms with E-state index in [-0.39, 0.29) is 4.90 Å². The normalized spacial score (nSPS) is 14.8. The highest BCUT2D eigenvalue weighted by Crippen LogP contribution is 2.31. The molecular weight excluding hydrogens is 386 g/mol. The van der Waals surface area contributed by atoms with E-state index < -0.39 is 10.0 Å². The molecule has 0 radical (unpaired) electrons. The van der Waals surface area contributed by atoms with E-state index in [1.165, 1.54) is 0 Å². The first-order valence-electron chi connectivity index (χ1n) is 9.60. The van der Waals surface area contributed by atoms with Crippen LogP contribution in [0.3, 0.4) is 0 Å². The molecule has 1 aliphatic heterocycles.